The second kappa shape index (κ2) is 4.45. The van der Waals surface area contributed by atoms with Crippen molar-refractivity contribution < 1.29 is 4.79 Å². The van der Waals surface area contributed by atoms with Crippen molar-refractivity contribution in [2.24, 2.45) is 5.11 Å². The molecule has 5 heteroatoms. The largest absolute Gasteiger partial charge is 0.288 e. The SMILES string of the molecule is Cc1csc(/C=C/C(=O)N=[N+]=[N-])c1. The summed E-state index contributed by atoms with van der Waals surface area (Å²) in [5, 5.41) is 4.89. The van der Waals surface area contributed by atoms with Gasteiger partial charge in [-0.1, -0.05) is 0 Å². The molecule has 0 bridgehead atoms. The Balaban J connectivity index is 2.68. The number of nitrogens with zero attached hydrogens (tertiary/aromatic N) is 3. The van der Waals surface area contributed by atoms with E-state index in [0.29, 0.717) is 0 Å². The quantitative estimate of drug-likeness (QED) is 0.308. The molecule has 0 spiro atoms. The van der Waals surface area contributed by atoms with E-state index in [4.69, 9.17) is 5.53 Å². The summed E-state index contributed by atoms with van der Waals surface area (Å²) < 4.78 is 0. The lowest BCUT2D eigenvalue weighted by atomic mass is 10.3. The Labute approximate surface area is 79.1 Å². The molecule has 0 N–H and O–H groups in total. The Kier molecular flexibility index (Phi) is 3.25. The van der Waals surface area contributed by atoms with Crippen LogP contribution in [0.15, 0.2) is 22.6 Å². The van der Waals surface area contributed by atoms with Crippen molar-refractivity contribution in [1.29, 1.82) is 0 Å². The lowest BCUT2D eigenvalue weighted by molar-refractivity contribution is -0.113. The third-order valence-corrected chi connectivity index (χ3v) is 2.30. The maximum absolute atomic E-state index is 10.7. The average molecular weight is 193 g/mol. The Morgan fingerprint density at radius 3 is 3.08 bits per heavy atom. The summed E-state index contributed by atoms with van der Waals surface area (Å²) in [5.41, 5.74) is 9.10. The predicted octanol–water partition coefficient (Wildman–Crippen LogP) is 2.91. The average Bonchev–Trinajstić information content (AvgIpc) is 2.49. The summed E-state index contributed by atoms with van der Waals surface area (Å²) in [5.74, 6) is -0.575. The standard InChI is InChI=1S/C8H7N3OS/c1-6-4-7(13-5-6)2-3-8(12)10-11-9/h2-5H,1H3/b3-2+. The molecule has 13 heavy (non-hydrogen) atoms. The van der Waals surface area contributed by atoms with Gasteiger partial charge in [0.2, 0.25) is 5.91 Å². The van der Waals surface area contributed by atoms with E-state index >= 15 is 0 Å². The summed E-state index contributed by atoms with van der Waals surface area (Å²) in [7, 11) is 0. The number of carbonyl (C=O) groups is 1. The first-order chi connectivity index (χ1) is 6.22. The van der Waals surface area contributed by atoms with E-state index in [1.165, 1.54) is 17.4 Å². The molecule has 0 unspecified atom stereocenters. The molecule has 66 valence electrons. The molecule has 1 aromatic rings. The number of aryl methyl sites for hydroxylation is 1. The number of hydrogen-bond acceptors (Lipinski definition) is 2. The van der Waals surface area contributed by atoms with Crippen LogP contribution in [0.1, 0.15) is 10.4 Å². The molecule has 1 rings (SSSR count). The van der Waals surface area contributed by atoms with Gasteiger partial charge in [-0.2, -0.15) is 0 Å². The van der Waals surface area contributed by atoms with Gasteiger partial charge in [0.1, 0.15) is 0 Å². The molecule has 1 amide bonds. The van der Waals surface area contributed by atoms with Gasteiger partial charge in [0.05, 0.1) is 0 Å². The van der Waals surface area contributed by atoms with Crippen LogP contribution in [0.4, 0.5) is 0 Å². The van der Waals surface area contributed by atoms with Crippen LogP contribution >= 0.6 is 11.3 Å². The molecule has 1 aromatic heterocycles. The highest BCUT2D eigenvalue weighted by atomic mass is 32.1. The molecule has 0 aliphatic rings. The molecule has 0 aromatic carbocycles. The molecular formula is C8H7N3OS. The molecular weight excluding hydrogens is 186 g/mol. The van der Waals surface area contributed by atoms with Crippen LogP contribution < -0.4 is 0 Å². The van der Waals surface area contributed by atoms with E-state index in [1.807, 2.05) is 18.4 Å². The van der Waals surface area contributed by atoms with Gasteiger partial charge in [-0.15, -0.1) is 11.3 Å². The number of azide groups is 1. The van der Waals surface area contributed by atoms with Crippen LogP contribution in [0.2, 0.25) is 0 Å². The van der Waals surface area contributed by atoms with Gasteiger partial charge in [0.25, 0.3) is 0 Å². The molecule has 0 radical (unpaired) electrons. The molecule has 0 saturated heterocycles. The fourth-order valence-electron chi connectivity index (χ4n) is 0.772. The number of rotatable bonds is 2. The fraction of sp³-hybridized carbons (Fsp3) is 0.125. The van der Waals surface area contributed by atoms with Crippen molar-refractivity contribution in [2.75, 3.05) is 0 Å². The Hall–Kier alpha value is -1.58. The molecule has 0 aliphatic heterocycles. The van der Waals surface area contributed by atoms with Gasteiger partial charge in [-0.05, 0) is 46.7 Å². The Morgan fingerprint density at radius 2 is 2.54 bits per heavy atom. The van der Waals surface area contributed by atoms with Crippen molar-refractivity contribution in [2.45, 2.75) is 6.92 Å². The van der Waals surface area contributed by atoms with Crippen LogP contribution in [0.5, 0.6) is 0 Å². The lowest BCUT2D eigenvalue weighted by Crippen LogP contribution is -1.80. The van der Waals surface area contributed by atoms with Crippen molar-refractivity contribution >= 4 is 23.3 Å². The van der Waals surface area contributed by atoms with E-state index in [-0.39, 0.29) is 0 Å². The maximum atomic E-state index is 10.7. The monoisotopic (exact) mass is 193 g/mol. The van der Waals surface area contributed by atoms with Crippen molar-refractivity contribution in [1.82, 2.24) is 0 Å². The Bertz CT molecular complexity index is 388. The maximum Gasteiger partial charge on any atom is 0.242 e. The van der Waals surface area contributed by atoms with Gasteiger partial charge in [-0.3, -0.25) is 4.79 Å². The minimum atomic E-state index is -0.575. The second-order valence-corrected chi connectivity index (χ2v) is 3.33. The predicted molar refractivity (Wildman–Crippen MR) is 52.2 cm³/mol. The molecule has 0 saturated carbocycles. The van der Waals surface area contributed by atoms with Crippen LogP contribution in [0, 0.1) is 6.92 Å². The van der Waals surface area contributed by atoms with Crippen molar-refractivity contribution in [3.63, 3.8) is 0 Å². The number of amides is 1. The summed E-state index contributed by atoms with van der Waals surface area (Å²) in [6.07, 6.45) is 2.89. The van der Waals surface area contributed by atoms with E-state index in [9.17, 15) is 4.79 Å². The number of hydrogen-bond donors (Lipinski definition) is 0. The van der Waals surface area contributed by atoms with Crippen molar-refractivity contribution in [3.05, 3.63) is 38.4 Å². The highest BCUT2D eigenvalue weighted by molar-refractivity contribution is 7.11. The normalized spacial score (nSPS) is 9.92. The van der Waals surface area contributed by atoms with Crippen LogP contribution in [0.25, 0.3) is 16.5 Å². The van der Waals surface area contributed by atoms with Crippen LogP contribution in [-0.2, 0) is 4.79 Å². The van der Waals surface area contributed by atoms with E-state index < -0.39 is 5.91 Å². The van der Waals surface area contributed by atoms with E-state index in [2.05, 4.69) is 10.0 Å². The first-order valence-corrected chi connectivity index (χ1v) is 4.42. The zero-order chi connectivity index (χ0) is 9.68. The zero-order valence-electron chi connectivity index (χ0n) is 6.97. The van der Waals surface area contributed by atoms with Gasteiger partial charge >= 0.3 is 0 Å². The van der Waals surface area contributed by atoms with Crippen LogP contribution in [0.3, 0.4) is 0 Å². The summed E-state index contributed by atoms with van der Waals surface area (Å²) in [4.78, 5) is 14.1. The molecule has 0 fully saturated rings. The van der Waals surface area contributed by atoms with Gasteiger partial charge in [0.15, 0.2) is 0 Å². The third kappa shape index (κ3) is 3.11. The van der Waals surface area contributed by atoms with Gasteiger partial charge < -0.3 is 0 Å². The Morgan fingerprint density at radius 1 is 1.77 bits per heavy atom. The highest BCUT2D eigenvalue weighted by Crippen LogP contribution is 2.14. The van der Waals surface area contributed by atoms with E-state index in [0.717, 1.165) is 10.4 Å². The highest BCUT2D eigenvalue weighted by Gasteiger charge is 1.92. The van der Waals surface area contributed by atoms with Crippen LogP contribution in [-0.4, -0.2) is 5.91 Å². The minimum Gasteiger partial charge on any atom is -0.288 e. The lowest BCUT2D eigenvalue weighted by Gasteiger charge is -1.80. The summed E-state index contributed by atoms with van der Waals surface area (Å²) >= 11 is 1.54. The number of thiophene rings is 1. The minimum absolute atomic E-state index is 0.575. The third-order valence-electron chi connectivity index (χ3n) is 1.28. The second-order valence-electron chi connectivity index (χ2n) is 2.39. The topological polar surface area (TPSA) is 65.8 Å². The first-order valence-electron chi connectivity index (χ1n) is 3.54. The smallest absolute Gasteiger partial charge is 0.242 e. The zero-order valence-corrected chi connectivity index (χ0v) is 7.78. The molecule has 0 aliphatic carbocycles. The summed E-state index contributed by atoms with van der Waals surface area (Å²) in [6.45, 7) is 1.98. The van der Waals surface area contributed by atoms with Crippen molar-refractivity contribution in [3.8, 4) is 0 Å². The molecule has 4 nitrogen and oxygen atoms in total. The molecule has 0 atom stereocenters. The first kappa shape index (κ1) is 9.51. The van der Waals surface area contributed by atoms with Gasteiger partial charge in [0, 0.05) is 9.79 Å². The summed E-state index contributed by atoms with van der Waals surface area (Å²) in [6, 6.07) is 1.95. The molecule has 1 heterocycles. The number of carbonyl (C=O) groups excluding carboxylic acids is 1. The fourth-order valence-corrected chi connectivity index (χ4v) is 1.56. The van der Waals surface area contributed by atoms with E-state index in [1.54, 1.807) is 6.08 Å². The van der Waals surface area contributed by atoms with Gasteiger partial charge in [-0.25, -0.2) is 0 Å².